The molecule has 2 heterocycles. The summed E-state index contributed by atoms with van der Waals surface area (Å²) in [4.78, 5) is 32.2. The zero-order valence-corrected chi connectivity index (χ0v) is 21.2. The standard InChI is InChI=1S/C28H36N4O4/c1-35-25-12-9-19(17-26(25)36-2)23(6-4-8-27(29)33)32-18-22-21(28(32)34)5-3-7-24(22)31-15-13-30(14-16-31)20-10-11-20/h3,5,7,9,12,17,20,23H,4,6,8,10-11,13-16,18H2,1-2H3,(H2,29,33)/t23-/m1/s1. The lowest BCUT2D eigenvalue weighted by Crippen LogP contribution is -2.47. The van der Waals surface area contributed by atoms with Crippen molar-refractivity contribution in [2.45, 2.75) is 50.7 Å². The second-order valence-electron chi connectivity index (χ2n) is 9.98. The van der Waals surface area contributed by atoms with Gasteiger partial charge in [0.2, 0.25) is 5.91 Å². The molecule has 0 bridgehead atoms. The molecule has 192 valence electrons. The number of methoxy groups -OCH3 is 2. The van der Waals surface area contributed by atoms with E-state index in [1.807, 2.05) is 35.2 Å². The number of nitrogens with two attached hydrogens (primary N) is 1. The minimum absolute atomic E-state index is 0.0299. The highest BCUT2D eigenvalue weighted by Crippen LogP contribution is 2.41. The van der Waals surface area contributed by atoms with Crippen LogP contribution in [0.4, 0.5) is 5.69 Å². The summed E-state index contributed by atoms with van der Waals surface area (Å²) >= 11 is 0. The Morgan fingerprint density at radius 3 is 2.47 bits per heavy atom. The molecule has 8 heteroatoms. The van der Waals surface area contributed by atoms with Crippen molar-refractivity contribution < 1.29 is 19.1 Å². The fraction of sp³-hybridized carbons (Fsp3) is 0.500. The molecule has 2 fully saturated rings. The first-order valence-corrected chi connectivity index (χ1v) is 12.9. The molecule has 2 N–H and O–H groups in total. The van der Waals surface area contributed by atoms with Gasteiger partial charge in [-0.15, -0.1) is 0 Å². The lowest BCUT2D eigenvalue weighted by Gasteiger charge is -2.37. The maximum Gasteiger partial charge on any atom is 0.255 e. The maximum absolute atomic E-state index is 13.7. The predicted octanol–water partition coefficient (Wildman–Crippen LogP) is 3.34. The Morgan fingerprint density at radius 2 is 1.81 bits per heavy atom. The molecular weight excluding hydrogens is 456 g/mol. The number of hydrogen-bond donors (Lipinski definition) is 1. The Labute approximate surface area is 212 Å². The molecule has 0 aromatic heterocycles. The first-order chi connectivity index (χ1) is 17.5. The molecule has 1 atom stereocenters. The number of nitrogens with zero attached hydrogens (tertiary/aromatic N) is 3. The number of fused-ring (bicyclic) bond motifs is 1. The van der Waals surface area contributed by atoms with Crippen LogP contribution in [0.3, 0.4) is 0 Å². The van der Waals surface area contributed by atoms with Crippen LogP contribution in [0, 0.1) is 0 Å². The number of ether oxygens (including phenoxy) is 2. The number of rotatable bonds is 10. The van der Waals surface area contributed by atoms with Gasteiger partial charge in [0, 0.05) is 62.0 Å². The molecule has 5 rings (SSSR count). The van der Waals surface area contributed by atoms with E-state index < -0.39 is 0 Å². The molecule has 2 aromatic rings. The Hall–Kier alpha value is -3.26. The predicted molar refractivity (Wildman–Crippen MR) is 138 cm³/mol. The largest absolute Gasteiger partial charge is 0.493 e. The van der Waals surface area contributed by atoms with Crippen LogP contribution in [0.5, 0.6) is 11.5 Å². The van der Waals surface area contributed by atoms with Crippen molar-refractivity contribution in [1.29, 1.82) is 0 Å². The molecule has 2 aliphatic heterocycles. The van der Waals surface area contributed by atoms with Gasteiger partial charge in [-0.3, -0.25) is 14.5 Å². The van der Waals surface area contributed by atoms with Crippen molar-refractivity contribution in [2.75, 3.05) is 45.3 Å². The van der Waals surface area contributed by atoms with Crippen LogP contribution in [0.15, 0.2) is 36.4 Å². The quantitative estimate of drug-likeness (QED) is 0.547. The van der Waals surface area contributed by atoms with Crippen LogP contribution in [-0.4, -0.2) is 68.1 Å². The molecule has 1 aliphatic carbocycles. The second-order valence-corrected chi connectivity index (χ2v) is 9.98. The highest BCUT2D eigenvalue weighted by atomic mass is 16.5. The smallest absolute Gasteiger partial charge is 0.255 e. The lowest BCUT2D eigenvalue weighted by atomic mass is 9.98. The first kappa shape index (κ1) is 24.4. The highest BCUT2D eigenvalue weighted by Gasteiger charge is 2.37. The van der Waals surface area contributed by atoms with E-state index in [-0.39, 0.29) is 24.3 Å². The second kappa shape index (κ2) is 10.4. The minimum Gasteiger partial charge on any atom is -0.493 e. The van der Waals surface area contributed by atoms with Gasteiger partial charge in [-0.2, -0.15) is 0 Å². The van der Waals surface area contributed by atoms with Crippen LogP contribution < -0.4 is 20.1 Å². The molecule has 1 saturated carbocycles. The molecule has 8 nitrogen and oxygen atoms in total. The van der Waals surface area contributed by atoms with Crippen molar-refractivity contribution in [3.63, 3.8) is 0 Å². The first-order valence-electron chi connectivity index (χ1n) is 12.9. The van der Waals surface area contributed by atoms with E-state index in [1.54, 1.807) is 14.2 Å². The molecule has 0 unspecified atom stereocenters. The van der Waals surface area contributed by atoms with Gasteiger partial charge in [-0.1, -0.05) is 12.1 Å². The van der Waals surface area contributed by atoms with Gasteiger partial charge in [0.1, 0.15) is 0 Å². The molecule has 0 spiro atoms. The average Bonchev–Trinajstić information content (AvgIpc) is 3.70. The summed E-state index contributed by atoms with van der Waals surface area (Å²) in [6, 6.07) is 12.5. The number of anilines is 1. The lowest BCUT2D eigenvalue weighted by molar-refractivity contribution is -0.118. The Balaban J connectivity index is 1.41. The number of carbonyl (C=O) groups is 2. The normalized spacial score (nSPS) is 18.8. The number of primary amides is 1. The van der Waals surface area contributed by atoms with E-state index in [0.29, 0.717) is 30.9 Å². The van der Waals surface area contributed by atoms with Crippen LogP contribution in [0.2, 0.25) is 0 Å². The number of amides is 2. The zero-order chi connectivity index (χ0) is 25.2. The topological polar surface area (TPSA) is 88.3 Å². The van der Waals surface area contributed by atoms with E-state index in [1.165, 1.54) is 18.5 Å². The number of benzene rings is 2. The van der Waals surface area contributed by atoms with Gasteiger partial charge >= 0.3 is 0 Å². The Morgan fingerprint density at radius 1 is 1.06 bits per heavy atom. The van der Waals surface area contributed by atoms with E-state index in [4.69, 9.17) is 15.2 Å². The molecule has 2 amide bonds. The monoisotopic (exact) mass is 492 g/mol. The molecule has 1 saturated heterocycles. The van der Waals surface area contributed by atoms with Gasteiger partial charge < -0.3 is 25.0 Å². The van der Waals surface area contributed by atoms with Crippen LogP contribution in [0.25, 0.3) is 0 Å². The maximum atomic E-state index is 13.7. The van der Waals surface area contributed by atoms with E-state index in [0.717, 1.165) is 48.9 Å². The van der Waals surface area contributed by atoms with Crippen molar-refractivity contribution in [3.8, 4) is 11.5 Å². The third kappa shape index (κ3) is 4.87. The third-order valence-corrected chi connectivity index (χ3v) is 7.76. The molecule has 0 radical (unpaired) electrons. The van der Waals surface area contributed by atoms with Crippen LogP contribution in [0.1, 0.15) is 59.6 Å². The summed E-state index contributed by atoms with van der Waals surface area (Å²) in [5.41, 5.74) is 9.42. The van der Waals surface area contributed by atoms with Crippen LogP contribution in [-0.2, 0) is 11.3 Å². The van der Waals surface area contributed by atoms with Crippen molar-refractivity contribution in [2.24, 2.45) is 5.73 Å². The SMILES string of the molecule is COc1ccc([C@@H](CCCC(N)=O)N2Cc3c(cccc3N3CCN(C4CC4)CC3)C2=O)cc1OC. The fourth-order valence-corrected chi connectivity index (χ4v) is 5.69. The Kier molecular flexibility index (Phi) is 7.05. The van der Waals surface area contributed by atoms with E-state index in [2.05, 4.69) is 15.9 Å². The van der Waals surface area contributed by atoms with Gasteiger partial charge in [-0.25, -0.2) is 0 Å². The van der Waals surface area contributed by atoms with E-state index in [9.17, 15) is 9.59 Å². The Bertz CT molecular complexity index is 1120. The summed E-state index contributed by atoms with van der Waals surface area (Å²) in [7, 11) is 3.21. The van der Waals surface area contributed by atoms with E-state index >= 15 is 0 Å². The number of hydrogen-bond acceptors (Lipinski definition) is 6. The summed E-state index contributed by atoms with van der Waals surface area (Å²) < 4.78 is 11.0. The summed E-state index contributed by atoms with van der Waals surface area (Å²) in [6.07, 6.45) is 4.18. The third-order valence-electron chi connectivity index (χ3n) is 7.76. The van der Waals surface area contributed by atoms with Gasteiger partial charge in [-0.05, 0) is 55.5 Å². The minimum atomic E-state index is -0.329. The fourth-order valence-electron chi connectivity index (χ4n) is 5.69. The number of carbonyl (C=O) groups excluding carboxylic acids is 2. The average molecular weight is 493 g/mol. The van der Waals surface area contributed by atoms with Crippen molar-refractivity contribution >= 4 is 17.5 Å². The number of piperazine rings is 1. The molecule has 36 heavy (non-hydrogen) atoms. The molecular formula is C28H36N4O4. The van der Waals surface area contributed by atoms with Gasteiger partial charge in [0.15, 0.2) is 11.5 Å². The summed E-state index contributed by atoms with van der Waals surface area (Å²) in [5.74, 6) is 0.959. The van der Waals surface area contributed by atoms with Gasteiger partial charge in [0.05, 0.1) is 20.3 Å². The summed E-state index contributed by atoms with van der Waals surface area (Å²) in [5, 5.41) is 0. The molecule has 2 aromatic carbocycles. The molecule has 3 aliphatic rings. The zero-order valence-electron chi connectivity index (χ0n) is 21.2. The van der Waals surface area contributed by atoms with Gasteiger partial charge in [0.25, 0.3) is 5.91 Å². The van der Waals surface area contributed by atoms with Crippen molar-refractivity contribution in [3.05, 3.63) is 53.1 Å². The summed E-state index contributed by atoms with van der Waals surface area (Å²) in [6.45, 7) is 4.67. The van der Waals surface area contributed by atoms with Crippen LogP contribution >= 0.6 is 0 Å². The highest BCUT2D eigenvalue weighted by molar-refractivity contribution is 6.00. The van der Waals surface area contributed by atoms with Crippen molar-refractivity contribution in [1.82, 2.24) is 9.80 Å².